The highest BCUT2D eigenvalue weighted by molar-refractivity contribution is 5.87. The number of ether oxygens (including phenoxy) is 3. The Labute approximate surface area is 211 Å². The highest BCUT2D eigenvalue weighted by Crippen LogP contribution is 2.37. The van der Waals surface area contributed by atoms with E-state index in [-0.39, 0.29) is 5.63 Å². The van der Waals surface area contributed by atoms with Crippen LogP contribution in [0, 0.1) is 5.92 Å². The highest BCUT2D eigenvalue weighted by Gasteiger charge is 2.35. The lowest BCUT2D eigenvalue weighted by Gasteiger charge is -2.46. The number of rotatable bonds is 5. The second-order valence-corrected chi connectivity index (χ2v) is 10.3. The van der Waals surface area contributed by atoms with Gasteiger partial charge in [-0.05, 0) is 75.0 Å². The molecule has 0 saturated carbocycles. The predicted molar refractivity (Wildman–Crippen MR) is 139 cm³/mol. The van der Waals surface area contributed by atoms with Crippen LogP contribution in [0.4, 0.5) is 0 Å². The molecule has 3 aromatic rings. The summed E-state index contributed by atoms with van der Waals surface area (Å²) >= 11 is 0. The highest BCUT2D eigenvalue weighted by atomic mass is 16.5. The van der Waals surface area contributed by atoms with Crippen LogP contribution in [-0.2, 0) is 6.54 Å². The van der Waals surface area contributed by atoms with Crippen molar-refractivity contribution in [3.63, 3.8) is 0 Å². The Morgan fingerprint density at radius 1 is 0.972 bits per heavy atom. The first-order chi connectivity index (χ1) is 17.6. The molecule has 36 heavy (non-hydrogen) atoms. The van der Waals surface area contributed by atoms with Crippen LogP contribution >= 0.6 is 0 Å². The summed E-state index contributed by atoms with van der Waals surface area (Å²) in [6.45, 7) is 4.81. The first kappa shape index (κ1) is 23.4. The fraction of sp³-hybridized carbons (Fsp3) is 0.483. The predicted octanol–water partition coefficient (Wildman–Crippen LogP) is 4.89. The van der Waals surface area contributed by atoms with Crippen molar-refractivity contribution in [2.45, 2.75) is 44.7 Å². The second-order valence-electron chi connectivity index (χ2n) is 10.3. The number of hydrogen-bond acceptors (Lipinski definition) is 7. The topological polar surface area (TPSA) is 64.4 Å². The molecule has 3 aliphatic rings. The molecular formula is C29H34N2O5. The minimum absolute atomic E-state index is 0.387. The van der Waals surface area contributed by atoms with E-state index in [2.05, 4.69) is 9.80 Å². The lowest BCUT2D eigenvalue weighted by molar-refractivity contribution is 0.0146. The van der Waals surface area contributed by atoms with E-state index in [4.69, 9.17) is 18.6 Å². The largest absolute Gasteiger partial charge is 0.497 e. The van der Waals surface area contributed by atoms with Gasteiger partial charge in [0.05, 0.1) is 25.3 Å². The van der Waals surface area contributed by atoms with Gasteiger partial charge in [-0.2, -0.15) is 0 Å². The minimum Gasteiger partial charge on any atom is -0.497 e. The van der Waals surface area contributed by atoms with Gasteiger partial charge in [0.1, 0.15) is 29.6 Å². The van der Waals surface area contributed by atoms with Crippen molar-refractivity contribution in [2.75, 3.05) is 40.6 Å². The average Bonchev–Trinajstić information content (AvgIpc) is 2.92. The molecule has 0 radical (unpaired) electrons. The number of hydrogen-bond donors (Lipinski definition) is 0. The molecule has 2 saturated heterocycles. The van der Waals surface area contributed by atoms with Crippen LogP contribution in [0.15, 0.2) is 45.6 Å². The molecule has 6 rings (SSSR count). The van der Waals surface area contributed by atoms with Gasteiger partial charge in [0.2, 0.25) is 0 Å². The molecule has 0 amide bonds. The van der Waals surface area contributed by atoms with Gasteiger partial charge in [-0.25, -0.2) is 4.79 Å². The maximum atomic E-state index is 13.2. The van der Waals surface area contributed by atoms with Gasteiger partial charge in [0.15, 0.2) is 0 Å². The van der Waals surface area contributed by atoms with E-state index in [1.54, 1.807) is 20.3 Å². The Kier molecular flexibility index (Phi) is 6.36. The van der Waals surface area contributed by atoms with E-state index in [0.717, 1.165) is 29.8 Å². The van der Waals surface area contributed by atoms with Crippen molar-refractivity contribution in [3.05, 3.63) is 52.4 Å². The lowest BCUT2D eigenvalue weighted by atomic mass is 9.83. The van der Waals surface area contributed by atoms with E-state index < -0.39 is 0 Å². The zero-order valence-corrected chi connectivity index (χ0v) is 21.1. The SMILES string of the molecule is COc1ccc(-c2cc3ccc4c(c3oc2=O)CN(CC2CCCN3CCCCC23)CO4)c(OC)c1. The monoisotopic (exact) mass is 490 g/mol. The lowest BCUT2D eigenvalue weighted by Crippen LogP contribution is -2.51. The Balaban J connectivity index is 1.30. The standard InChI is InChI=1S/C29H34N2O5/c1-33-21-9-10-22(27(15-21)34-2)23-14-19-8-11-26-24(28(19)36-29(23)32)17-30(18-35-26)16-20-6-5-13-31-12-4-3-7-25(20)31/h8-11,14-15,20,25H,3-7,12-13,16-18H2,1-2H3. The van der Waals surface area contributed by atoms with Crippen molar-refractivity contribution >= 4 is 11.0 Å². The molecular weight excluding hydrogens is 456 g/mol. The second kappa shape index (κ2) is 9.79. The zero-order valence-electron chi connectivity index (χ0n) is 21.1. The van der Waals surface area contributed by atoms with Crippen molar-refractivity contribution in [1.29, 1.82) is 0 Å². The van der Waals surface area contributed by atoms with Gasteiger partial charge in [-0.1, -0.05) is 6.42 Å². The van der Waals surface area contributed by atoms with Gasteiger partial charge in [-0.15, -0.1) is 0 Å². The first-order valence-corrected chi connectivity index (χ1v) is 13.1. The molecule has 3 aliphatic heterocycles. The molecule has 2 fully saturated rings. The van der Waals surface area contributed by atoms with Crippen LogP contribution in [0.2, 0.25) is 0 Å². The van der Waals surface area contributed by atoms with Gasteiger partial charge in [0, 0.05) is 36.1 Å². The summed E-state index contributed by atoms with van der Waals surface area (Å²) in [5, 5.41) is 0.878. The van der Waals surface area contributed by atoms with Crippen molar-refractivity contribution in [3.8, 4) is 28.4 Å². The summed E-state index contributed by atoms with van der Waals surface area (Å²) in [4.78, 5) is 18.3. The minimum atomic E-state index is -0.387. The van der Waals surface area contributed by atoms with Crippen LogP contribution in [0.25, 0.3) is 22.1 Å². The summed E-state index contributed by atoms with van der Waals surface area (Å²) in [6, 6.07) is 12.0. The summed E-state index contributed by atoms with van der Waals surface area (Å²) < 4.78 is 23.0. The maximum absolute atomic E-state index is 13.2. The summed E-state index contributed by atoms with van der Waals surface area (Å²) in [6.07, 6.45) is 6.54. The Morgan fingerprint density at radius 2 is 1.86 bits per heavy atom. The van der Waals surface area contributed by atoms with Crippen molar-refractivity contribution < 1.29 is 18.6 Å². The number of piperidine rings is 2. The Morgan fingerprint density at radius 3 is 2.72 bits per heavy atom. The summed E-state index contributed by atoms with van der Waals surface area (Å²) in [5.74, 6) is 2.71. The third kappa shape index (κ3) is 4.24. The molecule has 2 atom stereocenters. The van der Waals surface area contributed by atoms with Crippen LogP contribution in [0.3, 0.4) is 0 Å². The molecule has 4 heterocycles. The molecule has 2 aromatic carbocycles. The van der Waals surface area contributed by atoms with Crippen molar-refractivity contribution in [1.82, 2.24) is 9.80 Å². The van der Waals surface area contributed by atoms with E-state index in [9.17, 15) is 4.79 Å². The normalized spacial score (nSPS) is 22.5. The number of benzene rings is 2. The van der Waals surface area contributed by atoms with E-state index in [1.807, 2.05) is 30.3 Å². The molecule has 0 N–H and O–H groups in total. The number of fused-ring (bicyclic) bond motifs is 4. The van der Waals surface area contributed by atoms with Gasteiger partial charge >= 0.3 is 5.63 Å². The molecule has 2 unspecified atom stereocenters. The maximum Gasteiger partial charge on any atom is 0.344 e. The van der Waals surface area contributed by atoms with Gasteiger partial charge in [-0.3, -0.25) is 4.90 Å². The van der Waals surface area contributed by atoms with Gasteiger partial charge in [0.25, 0.3) is 0 Å². The molecule has 7 heteroatoms. The van der Waals surface area contributed by atoms with Crippen molar-refractivity contribution in [2.24, 2.45) is 5.92 Å². The Bertz CT molecular complexity index is 1320. The third-order valence-electron chi connectivity index (χ3n) is 8.17. The van der Waals surface area contributed by atoms with E-state index in [1.165, 1.54) is 45.2 Å². The molecule has 1 aromatic heterocycles. The van der Waals surface area contributed by atoms with Crippen LogP contribution in [-0.4, -0.2) is 56.4 Å². The van der Waals surface area contributed by atoms with E-state index in [0.29, 0.717) is 46.9 Å². The van der Waals surface area contributed by atoms with Gasteiger partial charge < -0.3 is 23.5 Å². The molecule has 190 valence electrons. The third-order valence-corrected chi connectivity index (χ3v) is 8.17. The number of methoxy groups -OCH3 is 2. The fourth-order valence-electron chi connectivity index (χ4n) is 6.39. The summed E-state index contributed by atoms with van der Waals surface area (Å²) in [7, 11) is 3.19. The smallest absolute Gasteiger partial charge is 0.344 e. The molecule has 0 spiro atoms. The zero-order chi connectivity index (χ0) is 24.6. The average molecular weight is 491 g/mol. The molecule has 7 nitrogen and oxygen atoms in total. The summed E-state index contributed by atoms with van der Waals surface area (Å²) in [5.41, 5.74) is 2.33. The molecule has 0 bridgehead atoms. The first-order valence-electron chi connectivity index (χ1n) is 13.1. The quantitative estimate of drug-likeness (QED) is 0.472. The van der Waals surface area contributed by atoms with Crippen LogP contribution in [0.5, 0.6) is 17.2 Å². The fourth-order valence-corrected chi connectivity index (χ4v) is 6.39. The van der Waals surface area contributed by atoms with E-state index >= 15 is 0 Å². The number of nitrogens with zero attached hydrogens (tertiary/aromatic N) is 2. The molecule has 0 aliphatic carbocycles. The van der Waals surface area contributed by atoms with Crippen LogP contribution < -0.4 is 19.8 Å². The Hall–Kier alpha value is -3.03. The van der Waals surface area contributed by atoms with Crippen LogP contribution in [0.1, 0.15) is 37.7 Å².